The molecule has 2 nitrogen and oxygen atoms in total. The minimum atomic E-state index is 0.226. The van der Waals surface area contributed by atoms with Crippen LogP contribution in [0.3, 0.4) is 0 Å². The van der Waals surface area contributed by atoms with Crippen LogP contribution in [0.5, 0.6) is 0 Å². The highest BCUT2D eigenvalue weighted by atomic mass is 16.5. The van der Waals surface area contributed by atoms with Gasteiger partial charge in [0.05, 0.1) is 12.1 Å². The topological polar surface area (TPSA) is 21.3 Å². The van der Waals surface area contributed by atoms with Crippen LogP contribution in [0.15, 0.2) is 30.3 Å². The van der Waals surface area contributed by atoms with Crippen LogP contribution >= 0.6 is 0 Å². The predicted molar refractivity (Wildman–Crippen MR) is 87.0 cm³/mol. The van der Waals surface area contributed by atoms with Crippen LogP contribution in [-0.2, 0) is 4.74 Å². The van der Waals surface area contributed by atoms with Crippen LogP contribution < -0.4 is 5.32 Å². The van der Waals surface area contributed by atoms with Crippen LogP contribution in [0.1, 0.15) is 58.1 Å². The summed E-state index contributed by atoms with van der Waals surface area (Å²) in [5, 5.41) is 3.43. The second-order valence-corrected chi connectivity index (χ2v) is 5.82. The molecule has 0 fully saturated rings. The monoisotopic (exact) mass is 277 g/mol. The summed E-state index contributed by atoms with van der Waals surface area (Å²) in [6.07, 6.45) is 5.25. The fourth-order valence-corrected chi connectivity index (χ4v) is 2.60. The Labute approximate surface area is 124 Å². The van der Waals surface area contributed by atoms with Crippen LogP contribution in [0.25, 0.3) is 0 Å². The van der Waals surface area contributed by atoms with Gasteiger partial charge in [0, 0.05) is 6.61 Å². The van der Waals surface area contributed by atoms with Gasteiger partial charge in [0.25, 0.3) is 0 Å². The Morgan fingerprint density at radius 3 is 2.30 bits per heavy atom. The molecule has 1 aromatic carbocycles. The maximum absolute atomic E-state index is 6.20. The molecular formula is C18H31NO. The van der Waals surface area contributed by atoms with Crippen molar-refractivity contribution in [2.45, 2.75) is 58.6 Å². The highest BCUT2D eigenvalue weighted by molar-refractivity contribution is 5.20. The number of likely N-dealkylation sites (N-methyl/N-ethyl adjacent to an activating group) is 1. The maximum Gasteiger partial charge on any atom is 0.0792 e. The molecule has 0 spiro atoms. The number of nitrogens with one attached hydrogen (secondary N) is 1. The Bertz CT molecular complexity index is 337. The van der Waals surface area contributed by atoms with Gasteiger partial charge in [0.2, 0.25) is 0 Å². The Kier molecular flexibility index (Phi) is 8.56. The van der Waals surface area contributed by atoms with Crippen LogP contribution in [0, 0.1) is 5.92 Å². The summed E-state index contributed by atoms with van der Waals surface area (Å²) in [4.78, 5) is 0. The zero-order valence-electron chi connectivity index (χ0n) is 13.6. The van der Waals surface area contributed by atoms with Crippen LogP contribution in [-0.4, -0.2) is 19.8 Å². The van der Waals surface area contributed by atoms with E-state index in [2.05, 4.69) is 56.4 Å². The van der Waals surface area contributed by atoms with Crippen LogP contribution in [0.2, 0.25) is 0 Å². The minimum Gasteiger partial charge on any atom is -0.376 e. The zero-order chi connectivity index (χ0) is 14.8. The molecule has 0 aliphatic rings. The van der Waals surface area contributed by atoms with Gasteiger partial charge in [0.15, 0.2) is 0 Å². The highest BCUT2D eigenvalue weighted by Gasteiger charge is 2.25. The van der Waals surface area contributed by atoms with Gasteiger partial charge in [-0.05, 0) is 24.9 Å². The summed E-state index contributed by atoms with van der Waals surface area (Å²) < 4.78 is 6.20. The normalized spacial score (nSPS) is 14.4. The molecule has 0 bridgehead atoms. The lowest BCUT2D eigenvalue weighted by Crippen LogP contribution is -2.35. The molecule has 0 aromatic heterocycles. The van der Waals surface area contributed by atoms with Gasteiger partial charge in [0.1, 0.15) is 0 Å². The molecule has 0 radical (unpaired) electrons. The van der Waals surface area contributed by atoms with E-state index in [4.69, 9.17) is 4.74 Å². The SMILES string of the molecule is CCCCCCOC(C(C)C)C(NC)c1ccccc1. The Balaban J connectivity index is 2.59. The van der Waals surface area contributed by atoms with Crippen molar-refractivity contribution >= 4 is 0 Å². The lowest BCUT2D eigenvalue weighted by Gasteiger charge is -2.30. The van der Waals surface area contributed by atoms with E-state index in [1.807, 2.05) is 7.05 Å². The van der Waals surface area contributed by atoms with Crippen molar-refractivity contribution in [2.24, 2.45) is 5.92 Å². The largest absolute Gasteiger partial charge is 0.376 e. The summed E-state index contributed by atoms with van der Waals surface area (Å²) in [7, 11) is 2.02. The Hall–Kier alpha value is -0.860. The molecule has 0 heterocycles. The number of ether oxygens (including phenoxy) is 1. The first-order valence-corrected chi connectivity index (χ1v) is 8.04. The van der Waals surface area contributed by atoms with Gasteiger partial charge in [-0.2, -0.15) is 0 Å². The summed E-state index contributed by atoms with van der Waals surface area (Å²) in [6.45, 7) is 7.59. The van der Waals surface area contributed by atoms with Crippen molar-refractivity contribution in [3.05, 3.63) is 35.9 Å². The molecule has 1 N–H and O–H groups in total. The van der Waals surface area contributed by atoms with Crippen molar-refractivity contribution in [3.8, 4) is 0 Å². The molecule has 0 aliphatic carbocycles. The minimum absolute atomic E-state index is 0.226. The third-order valence-corrected chi connectivity index (χ3v) is 3.76. The van der Waals surface area contributed by atoms with Gasteiger partial charge >= 0.3 is 0 Å². The zero-order valence-corrected chi connectivity index (χ0v) is 13.6. The van der Waals surface area contributed by atoms with Crippen molar-refractivity contribution in [3.63, 3.8) is 0 Å². The van der Waals surface area contributed by atoms with E-state index in [9.17, 15) is 0 Å². The lowest BCUT2D eigenvalue weighted by atomic mass is 9.93. The smallest absolute Gasteiger partial charge is 0.0792 e. The number of benzene rings is 1. The second-order valence-electron chi connectivity index (χ2n) is 5.82. The van der Waals surface area contributed by atoms with E-state index in [0.717, 1.165) is 6.61 Å². The van der Waals surface area contributed by atoms with E-state index < -0.39 is 0 Å². The summed E-state index contributed by atoms with van der Waals surface area (Å²) >= 11 is 0. The third kappa shape index (κ3) is 5.64. The molecule has 114 valence electrons. The van der Waals surface area contributed by atoms with E-state index in [0.29, 0.717) is 5.92 Å². The molecule has 2 unspecified atom stereocenters. The number of hydrogen-bond acceptors (Lipinski definition) is 2. The summed E-state index contributed by atoms with van der Waals surface area (Å²) in [5.41, 5.74) is 1.31. The molecule has 0 aliphatic heterocycles. The van der Waals surface area contributed by atoms with Gasteiger partial charge in [-0.25, -0.2) is 0 Å². The summed E-state index contributed by atoms with van der Waals surface area (Å²) in [5.74, 6) is 0.499. The average Bonchev–Trinajstić information content (AvgIpc) is 2.46. The van der Waals surface area contributed by atoms with Gasteiger partial charge in [-0.15, -0.1) is 0 Å². The highest BCUT2D eigenvalue weighted by Crippen LogP contribution is 2.24. The van der Waals surface area contributed by atoms with Gasteiger partial charge < -0.3 is 10.1 Å². The molecule has 20 heavy (non-hydrogen) atoms. The van der Waals surface area contributed by atoms with Gasteiger partial charge in [-0.1, -0.05) is 70.4 Å². The Morgan fingerprint density at radius 1 is 1.05 bits per heavy atom. The van der Waals surface area contributed by atoms with Crippen LogP contribution in [0.4, 0.5) is 0 Å². The quantitative estimate of drug-likeness (QED) is 0.633. The molecule has 0 saturated heterocycles. The lowest BCUT2D eigenvalue weighted by molar-refractivity contribution is -0.00434. The molecule has 0 saturated carbocycles. The van der Waals surface area contributed by atoms with E-state index in [1.54, 1.807) is 0 Å². The maximum atomic E-state index is 6.20. The Morgan fingerprint density at radius 2 is 1.75 bits per heavy atom. The number of rotatable bonds is 10. The molecular weight excluding hydrogens is 246 g/mol. The van der Waals surface area contributed by atoms with Crippen molar-refractivity contribution in [1.82, 2.24) is 5.32 Å². The van der Waals surface area contributed by atoms with Crippen molar-refractivity contribution < 1.29 is 4.74 Å². The molecule has 2 atom stereocenters. The van der Waals surface area contributed by atoms with Crippen molar-refractivity contribution in [1.29, 1.82) is 0 Å². The number of unbranched alkanes of at least 4 members (excludes halogenated alkanes) is 3. The molecule has 1 rings (SSSR count). The first-order chi connectivity index (χ1) is 9.70. The van der Waals surface area contributed by atoms with E-state index in [1.165, 1.54) is 31.2 Å². The number of hydrogen-bond donors (Lipinski definition) is 1. The third-order valence-electron chi connectivity index (χ3n) is 3.76. The molecule has 0 amide bonds. The standard InChI is InChI=1S/C18H31NO/c1-5-6-7-11-14-20-18(15(2)3)17(19-4)16-12-9-8-10-13-16/h8-10,12-13,15,17-19H,5-7,11,14H2,1-4H3. The summed E-state index contributed by atoms with van der Waals surface area (Å²) in [6, 6.07) is 10.9. The second kappa shape index (κ2) is 9.95. The first kappa shape index (κ1) is 17.2. The molecule has 1 aromatic rings. The first-order valence-electron chi connectivity index (χ1n) is 8.04. The fourth-order valence-electron chi connectivity index (χ4n) is 2.60. The van der Waals surface area contributed by atoms with Gasteiger partial charge in [-0.3, -0.25) is 0 Å². The van der Waals surface area contributed by atoms with E-state index in [-0.39, 0.29) is 12.1 Å². The van der Waals surface area contributed by atoms with Crippen molar-refractivity contribution in [2.75, 3.05) is 13.7 Å². The van der Waals surface area contributed by atoms with E-state index >= 15 is 0 Å². The molecule has 2 heteroatoms. The fraction of sp³-hybridized carbons (Fsp3) is 0.667. The average molecular weight is 277 g/mol. The predicted octanol–water partition coefficient (Wildman–Crippen LogP) is 4.57.